The zero-order valence-electron chi connectivity index (χ0n) is 12.8. The van der Waals surface area contributed by atoms with Crippen molar-refractivity contribution in [3.63, 3.8) is 0 Å². The van der Waals surface area contributed by atoms with Gasteiger partial charge >= 0.3 is 0 Å². The van der Waals surface area contributed by atoms with E-state index in [2.05, 4.69) is 5.43 Å². The van der Waals surface area contributed by atoms with E-state index >= 15 is 0 Å². The second-order valence-corrected chi connectivity index (χ2v) is 5.28. The number of aryl methyl sites for hydroxylation is 3. The van der Waals surface area contributed by atoms with E-state index in [1.54, 1.807) is 26.2 Å². The number of ether oxygens (including phenoxy) is 1. The summed E-state index contributed by atoms with van der Waals surface area (Å²) in [7, 11) is 1.61. The van der Waals surface area contributed by atoms with Crippen LogP contribution in [0.5, 0.6) is 5.75 Å². The molecule has 2 rings (SSSR count). The molecule has 3 N–H and O–H groups in total. The molecule has 0 aliphatic carbocycles. The minimum atomic E-state index is -0.458. The predicted octanol–water partition coefficient (Wildman–Crippen LogP) is 3.31. The molecule has 0 spiro atoms. The van der Waals surface area contributed by atoms with E-state index in [0.717, 1.165) is 16.7 Å². The third-order valence-corrected chi connectivity index (χ3v) is 3.70. The molecule has 1 atom stereocenters. The molecule has 0 fully saturated rings. The summed E-state index contributed by atoms with van der Waals surface area (Å²) < 4.78 is 19.9. The Morgan fingerprint density at radius 1 is 1.14 bits per heavy atom. The van der Waals surface area contributed by atoms with Crippen LogP contribution in [0.1, 0.15) is 33.9 Å². The zero-order valence-corrected chi connectivity index (χ0v) is 12.8. The first-order valence-electron chi connectivity index (χ1n) is 6.85. The summed E-state index contributed by atoms with van der Waals surface area (Å²) in [4.78, 5) is 0. The third-order valence-electron chi connectivity index (χ3n) is 3.70. The molecule has 4 heteroatoms. The lowest BCUT2D eigenvalue weighted by atomic mass is 9.92. The predicted molar refractivity (Wildman–Crippen MR) is 82.8 cm³/mol. The number of hydrazine groups is 1. The van der Waals surface area contributed by atoms with Gasteiger partial charge in [-0.25, -0.2) is 9.82 Å². The molecule has 0 amide bonds. The summed E-state index contributed by atoms with van der Waals surface area (Å²) in [6.07, 6.45) is 0. The van der Waals surface area contributed by atoms with E-state index < -0.39 is 6.04 Å². The fourth-order valence-electron chi connectivity index (χ4n) is 2.70. The third kappa shape index (κ3) is 2.91. The van der Waals surface area contributed by atoms with Crippen LogP contribution in [-0.2, 0) is 0 Å². The van der Waals surface area contributed by atoms with Gasteiger partial charge in [-0.15, -0.1) is 0 Å². The smallest absolute Gasteiger partial charge is 0.131 e. The maximum Gasteiger partial charge on any atom is 0.131 e. The number of methoxy groups -OCH3 is 1. The van der Waals surface area contributed by atoms with Crippen LogP contribution in [-0.4, -0.2) is 7.11 Å². The maximum absolute atomic E-state index is 14.4. The van der Waals surface area contributed by atoms with E-state index in [4.69, 9.17) is 10.6 Å². The molecule has 0 bridgehead atoms. The summed E-state index contributed by atoms with van der Waals surface area (Å²) in [6, 6.07) is 8.82. The van der Waals surface area contributed by atoms with Crippen molar-refractivity contribution in [1.29, 1.82) is 0 Å². The number of nitrogens with two attached hydrogens (primary N) is 1. The van der Waals surface area contributed by atoms with Crippen LogP contribution >= 0.6 is 0 Å². The van der Waals surface area contributed by atoms with Crippen molar-refractivity contribution < 1.29 is 9.13 Å². The van der Waals surface area contributed by atoms with Gasteiger partial charge in [0.2, 0.25) is 0 Å². The molecular formula is C17H21FN2O. The molecule has 0 aliphatic rings. The molecule has 0 saturated carbocycles. The molecule has 0 aliphatic heterocycles. The van der Waals surface area contributed by atoms with E-state index in [9.17, 15) is 4.39 Å². The molecular weight excluding hydrogens is 267 g/mol. The Hall–Kier alpha value is -1.91. The number of hydrogen-bond acceptors (Lipinski definition) is 3. The normalized spacial score (nSPS) is 12.3. The van der Waals surface area contributed by atoms with Crippen LogP contribution in [0.4, 0.5) is 4.39 Å². The topological polar surface area (TPSA) is 47.3 Å². The van der Waals surface area contributed by atoms with Crippen molar-refractivity contribution in [2.45, 2.75) is 26.8 Å². The first-order chi connectivity index (χ1) is 9.99. The van der Waals surface area contributed by atoms with Crippen molar-refractivity contribution in [1.82, 2.24) is 5.43 Å². The van der Waals surface area contributed by atoms with Gasteiger partial charge in [0, 0.05) is 11.1 Å². The average molecular weight is 288 g/mol. The van der Waals surface area contributed by atoms with E-state index in [1.807, 2.05) is 32.0 Å². The fraction of sp³-hybridized carbons (Fsp3) is 0.294. The second kappa shape index (κ2) is 6.24. The molecule has 112 valence electrons. The van der Waals surface area contributed by atoms with Gasteiger partial charge in [0.1, 0.15) is 11.6 Å². The highest BCUT2D eigenvalue weighted by Crippen LogP contribution is 2.34. The molecule has 3 nitrogen and oxygen atoms in total. The molecule has 0 radical (unpaired) electrons. The van der Waals surface area contributed by atoms with Gasteiger partial charge in [0.15, 0.2) is 0 Å². The van der Waals surface area contributed by atoms with Gasteiger partial charge in [0.05, 0.1) is 13.2 Å². The molecule has 21 heavy (non-hydrogen) atoms. The Morgan fingerprint density at radius 2 is 1.86 bits per heavy atom. The molecule has 1 unspecified atom stereocenters. The quantitative estimate of drug-likeness (QED) is 0.670. The van der Waals surface area contributed by atoms with E-state index in [0.29, 0.717) is 16.9 Å². The largest absolute Gasteiger partial charge is 0.496 e. The number of benzene rings is 2. The summed E-state index contributed by atoms with van der Waals surface area (Å²) in [5.41, 5.74) is 6.79. The van der Waals surface area contributed by atoms with Crippen LogP contribution in [0.25, 0.3) is 0 Å². The minimum Gasteiger partial charge on any atom is -0.496 e. The standard InChI is InChI=1S/C17H21FN2O/c1-10-8-12(3)15(14(9-10)21-4)17(20-19)13-7-5-6-11(2)16(13)18/h5-9,17,20H,19H2,1-4H3. The van der Waals surface area contributed by atoms with Gasteiger partial charge in [-0.05, 0) is 43.5 Å². The van der Waals surface area contributed by atoms with Crippen molar-refractivity contribution in [2.75, 3.05) is 7.11 Å². The monoisotopic (exact) mass is 288 g/mol. The summed E-state index contributed by atoms with van der Waals surface area (Å²) in [5.74, 6) is 6.17. The van der Waals surface area contributed by atoms with E-state index in [-0.39, 0.29) is 5.82 Å². The highest BCUT2D eigenvalue weighted by molar-refractivity contribution is 5.49. The van der Waals surface area contributed by atoms with Crippen LogP contribution in [0.2, 0.25) is 0 Å². The van der Waals surface area contributed by atoms with Gasteiger partial charge in [0.25, 0.3) is 0 Å². The fourth-order valence-corrected chi connectivity index (χ4v) is 2.70. The second-order valence-electron chi connectivity index (χ2n) is 5.28. The van der Waals surface area contributed by atoms with Crippen molar-refractivity contribution in [3.05, 3.63) is 64.0 Å². The molecule has 0 heterocycles. The van der Waals surface area contributed by atoms with Crippen LogP contribution in [0, 0.1) is 26.6 Å². The lowest BCUT2D eigenvalue weighted by molar-refractivity contribution is 0.402. The van der Waals surface area contributed by atoms with Crippen LogP contribution in [0.3, 0.4) is 0 Å². The Bertz CT molecular complexity index is 655. The van der Waals surface area contributed by atoms with E-state index in [1.165, 1.54) is 0 Å². The van der Waals surface area contributed by atoms with Gasteiger partial charge in [-0.1, -0.05) is 24.3 Å². The molecule has 2 aromatic rings. The van der Waals surface area contributed by atoms with Crippen molar-refractivity contribution in [3.8, 4) is 5.75 Å². The minimum absolute atomic E-state index is 0.248. The number of halogens is 1. The van der Waals surface area contributed by atoms with Crippen LogP contribution < -0.4 is 16.0 Å². The Balaban J connectivity index is 2.64. The SMILES string of the molecule is COc1cc(C)cc(C)c1C(NN)c1cccc(C)c1F. The first kappa shape index (κ1) is 15.5. The summed E-state index contributed by atoms with van der Waals surface area (Å²) in [6.45, 7) is 5.71. The molecule has 2 aromatic carbocycles. The highest BCUT2D eigenvalue weighted by atomic mass is 19.1. The Kier molecular flexibility index (Phi) is 4.60. The van der Waals surface area contributed by atoms with Gasteiger partial charge < -0.3 is 4.74 Å². The van der Waals surface area contributed by atoms with Crippen molar-refractivity contribution in [2.24, 2.45) is 5.84 Å². The molecule has 0 aromatic heterocycles. The van der Waals surface area contributed by atoms with Crippen LogP contribution in [0.15, 0.2) is 30.3 Å². The number of nitrogens with one attached hydrogen (secondary N) is 1. The average Bonchev–Trinajstić information content (AvgIpc) is 2.45. The molecule has 0 saturated heterocycles. The lowest BCUT2D eigenvalue weighted by Crippen LogP contribution is -2.30. The van der Waals surface area contributed by atoms with Gasteiger partial charge in [-0.2, -0.15) is 0 Å². The summed E-state index contributed by atoms with van der Waals surface area (Å²) in [5, 5.41) is 0. The number of hydrogen-bond donors (Lipinski definition) is 2. The maximum atomic E-state index is 14.4. The van der Waals surface area contributed by atoms with Gasteiger partial charge in [-0.3, -0.25) is 5.84 Å². The Morgan fingerprint density at radius 3 is 2.48 bits per heavy atom. The number of rotatable bonds is 4. The first-order valence-corrected chi connectivity index (χ1v) is 6.85. The van der Waals surface area contributed by atoms with Crippen molar-refractivity contribution >= 4 is 0 Å². The zero-order chi connectivity index (χ0) is 15.6. The Labute approximate surface area is 124 Å². The lowest BCUT2D eigenvalue weighted by Gasteiger charge is -2.23. The highest BCUT2D eigenvalue weighted by Gasteiger charge is 2.23. The summed E-state index contributed by atoms with van der Waals surface area (Å²) >= 11 is 0.